The van der Waals surface area contributed by atoms with E-state index in [0.717, 1.165) is 6.54 Å². The Balaban J connectivity index is 2.56. The summed E-state index contributed by atoms with van der Waals surface area (Å²) in [6, 6.07) is 0.588. The lowest BCUT2D eigenvalue weighted by Crippen LogP contribution is -2.50. The van der Waals surface area contributed by atoms with Crippen LogP contribution in [0.25, 0.3) is 0 Å². The molecule has 0 bridgehead atoms. The van der Waals surface area contributed by atoms with Gasteiger partial charge >= 0.3 is 0 Å². The van der Waals surface area contributed by atoms with E-state index in [1.54, 1.807) is 0 Å². The van der Waals surface area contributed by atoms with Crippen molar-refractivity contribution in [2.75, 3.05) is 31.9 Å². The van der Waals surface area contributed by atoms with Crippen LogP contribution in [0, 0.1) is 5.41 Å². The van der Waals surface area contributed by atoms with Gasteiger partial charge in [0.2, 0.25) is 0 Å². The smallest absolute Gasteiger partial charge is 0.0231 e. The zero-order chi connectivity index (χ0) is 14.5. The quantitative estimate of drug-likeness (QED) is 0.769. The fourth-order valence-corrected chi connectivity index (χ4v) is 4.24. The summed E-state index contributed by atoms with van der Waals surface area (Å²) in [5, 5.41) is 3.65. The van der Waals surface area contributed by atoms with Crippen LogP contribution >= 0.6 is 11.8 Å². The lowest BCUT2D eigenvalue weighted by atomic mass is 9.84. The minimum Gasteiger partial charge on any atom is -0.314 e. The van der Waals surface area contributed by atoms with Crippen LogP contribution in [0.4, 0.5) is 0 Å². The Labute approximate surface area is 125 Å². The summed E-state index contributed by atoms with van der Waals surface area (Å²) in [5.74, 6) is 1.28. The largest absolute Gasteiger partial charge is 0.314 e. The number of nitrogens with zero attached hydrogens (tertiary/aromatic N) is 1. The van der Waals surface area contributed by atoms with Crippen LogP contribution in [-0.4, -0.2) is 47.6 Å². The van der Waals surface area contributed by atoms with E-state index in [2.05, 4.69) is 63.5 Å². The molecular formula is C16H34N2S. The van der Waals surface area contributed by atoms with Gasteiger partial charge < -0.3 is 10.2 Å². The maximum absolute atomic E-state index is 3.65. The van der Waals surface area contributed by atoms with Gasteiger partial charge in [-0.15, -0.1) is 0 Å². The summed E-state index contributed by atoms with van der Waals surface area (Å²) in [6.07, 6.45) is 2.60. The van der Waals surface area contributed by atoms with Crippen molar-refractivity contribution >= 4 is 11.8 Å². The van der Waals surface area contributed by atoms with Crippen molar-refractivity contribution in [2.45, 2.75) is 65.2 Å². The van der Waals surface area contributed by atoms with Gasteiger partial charge in [-0.1, -0.05) is 34.1 Å². The monoisotopic (exact) mass is 286 g/mol. The number of hydrogen-bond donors (Lipinski definition) is 1. The molecule has 19 heavy (non-hydrogen) atoms. The summed E-state index contributed by atoms with van der Waals surface area (Å²) in [5.41, 5.74) is 0.414. The molecule has 0 aromatic carbocycles. The third-order valence-corrected chi connectivity index (χ3v) is 5.20. The SMILES string of the molecule is CCCC(C)(CNC(C)C)CN1CCSC(C)(C)C1. The Kier molecular flexibility index (Phi) is 6.68. The van der Waals surface area contributed by atoms with E-state index in [1.165, 1.54) is 38.2 Å². The Bertz CT molecular complexity index is 265. The van der Waals surface area contributed by atoms with Gasteiger partial charge in [0.1, 0.15) is 0 Å². The average molecular weight is 287 g/mol. The molecule has 0 aliphatic carbocycles. The Morgan fingerprint density at radius 1 is 1.37 bits per heavy atom. The Hall–Kier alpha value is 0.270. The molecule has 1 rings (SSSR count). The highest BCUT2D eigenvalue weighted by Gasteiger charge is 2.32. The Morgan fingerprint density at radius 2 is 2.05 bits per heavy atom. The summed E-state index contributed by atoms with van der Waals surface area (Å²) in [4.78, 5) is 2.69. The van der Waals surface area contributed by atoms with Gasteiger partial charge in [-0.2, -0.15) is 11.8 Å². The minimum absolute atomic E-state index is 0.414. The predicted octanol–water partition coefficient (Wildman–Crippen LogP) is 3.62. The zero-order valence-electron chi connectivity index (χ0n) is 13.9. The second kappa shape index (κ2) is 7.33. The van der Waals surface area contributed by atoms with E-state index in [4.69, 9.17) is 0 Å². The van der Waals surface area contributed by atoms with Crippen LogP contribution in [0.15, 0.2) is 0 Å². The lowest BCUT2D eigenvalue weighted by molar-refractivity contribution is 0.142. The third kappa shape index (κ3) is 6.50. The van der Waals surface area contributed by atoms with E-state index in [-0.39, 0.29) is 0 Å². The van der Waals surface area contributed by atoms with Crippen molar-refractivity contribution in [2.24, 2.45) is 5.41 Å². The molecule has 2 nitrogen and oxygen atoms in total. The van der Waals surface area contributed by atoms with Crippen molar-refractivity contribution in [1.82, 2.24) is 10.2 Å². The van der Waals surface area contributed by atoms with E-state index in [1.807, 2.05) is 0 Å². The molecular weight excluding hydrogens is 252 g/mol. The normalized spacial score (nSPS) is 23.5. The van der Waals surface area contributed by atoms with Crippen LogP contribution in [-0.2, 0) is 0 Å². The standard InChI is InChI=1S/C16H34N2S/c1-7-8-16(6,11-17-14(2)3)13-18-9-10-19-15(4,5)12-18/h14,17H,7-13H2,1-6H3. The minimum atomic E-state index is 0.414. The molecule has 0 amide bonds. The number of thioether (sulfide) groups is 1. The van der Waals surface area contributed by atoms with E-state index >= 15 is 0 Å². The van der Waals surface area contributed by atoms with Crippen LogP contribution in [0.2, 0.25) is 0 Å². The summed E-state index contributed by atoms with van der Waals surface area (Å²) >= 11 is 2.12. The molecule has 1 atom stereocenters. The summed E-state index contributed by atoms with van der Waals surface area (Å²) in [7, 11) is 0. The molecule has 1 saturated heterocycles. The van der Waals surface area contributed by atoms with E-state index in [9.17, 15) is 0 Å². The van der Waals surface area contributed by atoms with Gasteiger partial charge in [0.15, 0.2) is 0 Å². The van der Waals surface area contributed by atoms with Crippen molar-refractivity contribution in [3.05, 3.63) is 0 Å². The Morgan fingerprint density at radius 3 is 2.58 bits per heavy atom. The van der Waals surface area contributed by atoms with Crippen LogP contribution in [0.3, 0.4) is 0 Å². The van der Waals surface area contributed by atoms with Crippen LogP contribution < -0.4 is 5.32 Å². The van der Waals surface area contributed by atoms with Crippen molar-refractivity contribution in [3.63, 3.8) is 0 Å². The highest BCUT2D eigenvalue weighted by Crippen LogP contribution is 2.32. The molecule has 1 aliphatic heterocycles. The lowest BCUT2D eigenvalue weighted by Gasteiger charge is -2.42. The average Bonchev–Trinajstić information content (AvgIpc) is 2.25. The maximum Gasteiger partial charge on any atom is 0.0231 e. The molecule has 1 aliphatic rings. The molecule has 1 heterocycles. The maximum atomic E-state index is 3.65. The topological polar surface area (TPSA) is 15.3 Å². The first kappa shape index (κ1) is 17.3. The van der Waals surface area contributed by atoms with Crippen LogP contribution in [0.1, 0.15) is 54.4 Å². The van der Waals surface area contributed by atoms with Crippen molar-refractivity contribution < 1.29 is 0 Å². The number of nitrogens with one attached hydrogen (secondary N) is 1. The predicted molar refractivity (Wildman–Crippen MR) is 89.1 cm³/mol. The number of hydrogen-bond acceptors (Lipinski definition) is 3. The second-order valence-corrected chi connectivity index (χ2v) is 9.22. The summed E-state index contributed by atoms with van der Waals surface area (Å²) < 4.78 is 0.427. The van der Waals surface area contributed by atoms with Crippen molar-refractivity contribution in [1.29, 1.82) is 0 Å². The fraction of sp³-hybridized carbons (Fsp3) is 1.00. The van der Waals surface area contributed by atoms with Crippen molar-refractivity contribution in [3.8, 4) is 0 Å². The molecule has 0 aromatic rings. The molecule has 0 radical (unpaired) electrons. The first-order valence-corrected chi connectivity index (χ1v) is 8.85. The highest BCUT2D eigenvalue weighted by molar-refractivity contribution is 8.00. The zero-order valence-corrected chi connectivity index (χ0v) is 14.7. The molecule has 0 saturated carbocycles. The molecule has 3 heteroatoms. The molecule has 1 unspecified atom stereocenters. The van der Waals surface area contributed by atoms with E-state index < -0.39 is 0 Å². The molecule has 0 spiro atoms. The van der Waals surface area contributed by atoms with Gasteiger partial charge in [-0.05, 0) is 25.7 Å². The van der Waals surface area contributed by atoms with Gasteiger partial charge in [0.25, 0.3) is 0 Å². The fourth-order valence-electron chi connectivity index (χ4n) is 3.07. The van der Waals surface area contributed by atoms with Gasteiger partial charge in [0, 0.05) is 42.7 Å². The molecule has 1 fully saturated rings. The van der Waals surface area contributed by atoms with E-state index in [0.29, 0.717) is 16.2 Å². The first-order chi connectivity index (χ1) is 8.76. The first-order valence-electron chi connectivity index (χ1n) is 7.86. The highest BCUT2D eigenvalue weighted by atomic mass is 32.2. The van der Waals surface area contributed by atoms with Gasteiger partial charge in [-0.25, -0.2) is 0 Å². The summed E-state index contributed by atoms with van der Waals surface area (Å²) in [6.45, 7) is 18.9. The number of rotatable bonds is 7. The van der Waals surface area contributed by atoms with Crippen LogP contribution in [0.5, 0.6) is 0 Å². The van der Waals surface area contributed by atoms with Gasteiger partial charge in [0.05, 0.1) is 0 Å². The second-order valence-electron chi connectivity index (χ2n) is 7.42. The third-order valence-electron chi connectivity index (χ3n) is 3.90. The molecule has 1 N–H and O–H groups in total. The van der Waals surface area contributed by atoms with Gasteiger partial charge in [-0.3, -0.25) is 0 Å². The molecule has 0 aromatic heterocycles. The molecule has 114 valence electrons.